The van der Waals surface area contributed by atoms with E-state index in [-0.39, 0.29) is 11.9 Å². The van der Waals surface area contributed by atoms with Gasteiger partial charge in [0.05, 0.1) is 6.54 Å². The normalized spacial score (nSPS) is 13.9. The average molecular weight is 248 g/mol. The summed E-state index contributed by atoms with van der Waals surface area (Å²) in [7, 11) is 0. The van der Waals surface area contributed by atoms with Crippen LogP contribution < -0.4 is 10.6 Å². The van der Waals surface area contributed by atoms with Gasteiger partial charge in [-0.2, -0.15) is 0 Å². The molecule has 0 aromatic heterocycles. The van der Waals surface area contributed by atoms with Crippen LogP contribution in [0.1, 0.15) is 38.7 Å². The SMILES string of the molecule is CCC(C)NC(=O)CNCC(C)c1ccccc1. The van der Waals surface area contributed by atoms with Crippen LogP contribution >= 0.6 is 0 Å². The molecule has 3 nitrogen and oxygen atoms in total. The zero-order valence-electron chi connectivity index (χ0n) is 11.6. The second-order valence-corrected chi connectivity index (χ2v) is 4.82. The molecule has 1 amide bonds. The summed E-state index contributed by atoms with van der Waals surface area (Å²) in [6, 6.07) is 10.6. The first-order valence-corrected chi connectivity index (χ1v) is 6.68. The van der Waals surface area contributed by atoms with E-state index in [0.29, 0.717) is 12.5 Å². The summed E-state index contributed by atoms with van der Waals surface area (Å²) in [6.07, 6.45) is 0.964. The van der Waals surface area contributed by atoms with Gasteiger partial charge in [0.2, 0.25) is 5.91 Å². The van der Waals surface area contributed by atoms with Crippen molar-refractivity contribution in [3.63, 3.8) is 0 Å². The van der Waals surface area contributed by atoms with E-state index in [0.717, 1.165) is 13.0 Å². The van der Waals surface area contributed by atoms with Crippen molar-refractivity contribution in [1.82, 2.24) is 10.6 Å². The van der Waals surface area contributed by atoms with Crippen molar-refractivity contribution >= 4 is 5.91 Å². The fourth-order valence-corrected chi connectivity index (χ4v) is 1.73. The molecule has 0 aliphatic carbocycles. The van der Waals surface area contributed by atoms with E-state index in [1.807, 2.05) is 25.1 Å². The zero-order chi connectivity index (χ0) is 13.4. The number of rotatable bonds is 7. The van der Waals surface area contributed by atoms with Crippen molar-refractivity contribution in [3.05, 3.63) is 35.9 Å². The number of carbonyl (C=O) groups excluding carboxylic acids is 1. The Balaban J connectivity index is 2.23. The van der Waals surface area contributed by atoms with E-state index >= 15 is 0 Å². The average Bonchev–Trinajstić information content (AvgIpc) is 2.39. The molecule has 0 radical (unpaired) electrons. The lowest BCUT2D eigenvalue weighted by atomic mass is 10.0. The lowest BCUT2D eigenvalue weighted by Crippen LogP contribution is -2.39. The topological polar surface area (TPSA) is 41.1 Å². The molecule has 0 saturated carbocycles. The Kier molecular flexibility index (Phi) is 6.44. The predicted octanol–water partition coefficient (Wildman–Crippen LogP) is 2.29. The standard InChI is InChI=1S/C15H24N2O/c1-4-13(3)17-15(18)11-16-10-12(2)14-8-6-5-7-9-14/h5-9,12-13,16H,4,10-11H2,1-3H3,(H,17,18). The van der Waals surface area contributed by atoms with Crippen LogP contribution in [0.3, 0.4) is 0 Å². The molecule has 0 aliphatic heterocycles. The first-order chi connectivity index (χ1) is 8.63. The highest BCUT2D eigenvalue weighted by molar-refractivity contribution is 5.78. The Labute approximate surface area is 110 Å². The van der Waals surface area contributed by atoms with E-state index in [4.69, 9.17) is 0 Å². The first-order valence-electron chi connectivity index (χ1n) is 6.68. The summed E-state index contributed by atoms with van der Waals surface area (Å²) in [5, 5.41) is 6.14. The van der Waals surface area contributed by atoms with Crippen molar-refractivity contribution in [2.45, 2.75) is 39.2 Å². The lowest BCUT2D eigenvalue weighted by Gasteiger charge is -2.14. The predicted molar refractivity (Wildman–Crippen MR) is 75.6 cm³/mol. The number of hydrogen-bond acceptors (Lipinski definition) is 2. The maximum Gasteiger partial charge on any atom is 0.234 e. The lowest BCUT2D eigenvalue weighted by molar-refractivity contribution is -0.120. The summed E-state index contributed by atoms with van der Waals surface area (Å²) in [6.45, 7) is 7.45. The van der Waals surface area contributed by atoms with Crippen LogP contribution in [0.25, 0.3) is 0 Å². The molecule has 2 unspecified atom stereocenters. The molecular formula is C15H24N2O. The summed E-state index contributed by atoms with van der Waals surface area (Å²) < 4.78 is 0. The van der Waals surface area contributed by atoms with Gasteiger partial charge >= 0.3 is 0 Å². The summed E-state index contributed by atoms with van der Waals surface area (Å²) in [4.78, 5) is 11.6. The molecule has 0 fully saturated rings. The monoisotopic (exact) mass is 248 g/mol. The Morgan fingerprint density at radius 3 is 2.50 bits per heavy atom. The van der Waals surface area contributed by atoms with Crippen molar-refractivity contribution in [1.29, 1.82) is 0 Å². The first kappa shape index (κ1) is 14.7. The van der Waals surface area contributed by atoms with Gasteiger partial charge in [0, 0.05) is 12.6 Å². The quantitative estimate of drug-likeness (QED) is 0.777. The van der Waals surface area contributed by atoms with Crippen LogP contribution in [0.15, 0.2) is 30.3 Å². The number of carbonyl (C=O) groups is 1. The molecule has 1 rings (SSSR count). The van der Waals surface area contributed by atoms with Crippen molar-refractivity contribution in [2.24, 2.45) is 0 Å². The molecule has 0 saturated heterocycles. The molecule has 2 N–H and O–H groups in total. The molecular weight excluding hydrogens is 224 g/mol. The Hall–Kier alpha value is -1.35. The van der Waals surface area contributed by atoms with Crippen LogP contribution in [-0.2, 0) is 4.79 Å². The van der Waals surface area contributed by atoms with Gasteiger partial charge in [0.1, 0.15) is 0 Å². The molecule has 1 aromatic carbocycles. The van der Waals surface area contributed by atoms with E-state index in [9.17, 15) is 4.79 Å². The molecule has 0 heterocycles. The molecule has 18 heavy (non-hydrogen) atoms. The zero-order valence-corrected chi connectivity index (χ0v) is 11.6. The van der Waals surface area contributed by atoms with Crippen molar-refractivity contribution in [2.75, 3.05) is 13.1 Å². The number of hydrogen-bond donors (Lipinski definition) is 2. The van der Waals surface area contributed by atoms with Gasteiger partial charge in [-0.3, -0.25) is 4.79 Å². The van der Waals surface area contributed by atoms with Gasteiger partial charge in [0.25, 0.3) is 0 Å². The molecule has 3 heteroatoms. The van der Waals surface area contributed by atoms with Crippen LogP contribution in [0, 0.1) is 0 Å². The van der Waals surface area contributed by atoms with Crippen LogP contribution in [0.2, 0.25) is 0 Å². The minimum Gasteiger partial charge on any atom is -0.353 e. The van der Waals surface area contributed by atoms with Crippen LogP contribution in [0.4, 0.5) is 0 Å². The highest BCUT2D eigenvalue weighted by Gasteiger charge is 2.07. The minimum absolute atomic E-state index is 0.0737. The maximum absolute atomic E-state index is 11.6. The highest BCUT2D eigenvalue weighted by atomic mass is 16.1. The summed E-state index contributed by atoms with van der Waals surface area (Å²) in [5.41, 5.74) is 1.30. The third-order valence-electron chi connectivity index (χ3n) is 3.12. The van der Waals surface area contributed by atoms with E-state index in [2.05, 4.69) is 36.6 Å². The number of amides is 1. The molecule has 2 atom stereocenters. The fourth-order valence-electron chi connectivity index (χ4n) is 1.73. The molecule has 100 valence electrons. The van der Waals surface area contributed by atoms with Gasteiger partial charge in [-0.05, 0) is 24.8 Å². The Morgan fingerprint density at radius 2 is 1.89 bits per heavy atom. The van der Waals surface area contributed by atoms with Crippen molar-refractivity contribution in [3.8, 4) is 0 Å². The Morgan fingerprint density at radius 1 is 1.22 bits per heavy atom. The van der Waals surface area contributed by atoms with Crippen LogP contribution in [-0.4, -0.2) is 25.0 Å². The Bertz CT molecular complexity index is 351. The third kappa shape index (κ3) is 5.32. The molecule has 0 aliphatic rings. The minimum atomic E-state index is 0.0737. The van der Waals surface area contributed by atoms with Gasteiger partial charge in [0.15, 0.2) is 0 Å². The van der Waals surface area contributed by atoms with Gasteiger partial charge in [-0.1, -0.05) is 44.2 Å². The number of nitrogens with one attached hydrogen (secondary N) is 2. The van der Waals surface area contributed by atoms with E-state index in [1.54, 1.807) is 0 Å². The molecule has 0 spiro atoms. The summed E-state index contributed by atoms with van der Waals surface area (Å²) in [5.74, 6) is 0.493. The second-order valence-electron chi connectivity index (χ2n) is 4.82. The highest BCUT2D eigenvalue weighted by Crippen LogP contribution is 2.12. The molecule has 0 bridgehead atoms. The third-order valence-corrected chi connectivity index (χ3v) is 3.12. The van der Waals surface area contributed by atoms with Gasteiger partial charge in [-0.15, -0.1) is 0 Å². The second kappa shape index (κ2) is 7.88. The van der Waals surface area contributed by atoms with Gasteiger partial charge < -0.3 is 10.6 Å². The van der Waals surface area contributed by atoms with E-state index < -0.39 is 0 Å². The van der Waals surface area contributed by atoms with E-state index in [1.165, 1.54) is 5.56 Å². The largest absolute Gasteiger partial charge is 0.353 e. The fraction of sp³-hybridized carbons (Fsp3) is 0.533. The van der Waals surface area contributed by atoms with Crippen LogP contribution in [0.5, 0.6) is 0 Å². The van der Waals surface area contributed by atoms with Crippen molar-refractivity contribution < 1.29 is 4.79 Å². The summed E-state index contributed by atoms with van der Waals surface area (Å²) >= 11 is 0. The molecule has 1 aromatic rings. The maximum atomic E-state index is 11.6. The smallest absolute Gasteiger partial charge is 0.234 e. The number of benzene rings is 1. The van der Waals surface area contributed by atoms with Gasteiger partial charge in [-0.25, -0.2) is 0 Å².